The summed E-state index contributed by atoms with van der Waals surface area (Å²) in [7, 11) is 0. The van der Waals surface area contributed by atoms with Crippen molar-refractivity contribution in [3.8, 4) is 0 Å². The molecule has 28 heavy (non-hydrogen) atoms. The van der Waals surface area contributed by atoms with E-state index in [1.54, 1.807) is 0 Å². The van der Waals surface area contributed by atoms with E-state index in [-0.39, 0.29) is 17.2 Å². The summed E-state index contributed by atoms with van der Waals surface area (Å²) in [5.41, 5.74) is 2.28. The second kappa shape index (κ2) is 8.13. The average molecular weight is 402 g/mol. The quantitative estimate of drug-likeness (QED) is 0.718. The van der Waals surface area contributed by atoms with Gasteiger partial charge in [-0.3, -0.25) is 9.36 Å². The second-order valence-electron chi connectivity index (χ2n) is 7.28. The molecule has 2 aromatic rings. The lowest BCUT2D eigenvalue weighted by Gasteiger charge is -2.28. The predicted molar refractivity (Wildman–Crippen MR) is 111 cm³/mol. The Hall–Kier alpha value is -2.06. The first-order valence-corrected chi connectivity index (χ1v) is 10.8. The van der Waals surface area contributed by atoms with Crippen LogP contribution in [0.15, 0.2) is 29.4 Å². The molecule has 2 aliphatic heterocycles. The number of amides is 1. The van der Waals surface area contributed by atoms with Gasteiger partial charge in [-0.2, -0.15) is 0 Å². The lowest BCUT2D eigenvalue weighted by atomic mass is 10.1. The zero-order valence-corrected chi connectivity index (χ0v) is 17.5. The standard InChI is InChI=1S/C20H27N5O2S/c1-4-24-19(23-9-11-27-12-10-23)21-22-20(24)28-15(3)18(26)25-14(2)13-16-7-5-6-8-17(16)25/h5-8,14-15H,4,9-13H2,1-3H3. The Kier molecular flexibility index (Phi) is 5.59. The van der Waals surface area contributed by atoms with E-state index >= 15 is 0 Å². The zero-order chi connectivity index (χ0) is 19.7. The van der Waals surface area contributed by atoms with Crippen molar-refractivity contribution < 1.29 is 9.53 Å². The van der Waals surface area contributed by atoms with Crippen LogP contribution in [0.1, 0.15) is 26.3 Å². The van der Waals surface area contributed by atoms with Crippen molar-refractivity contribution in [2.75, 3.05) is 36.1 Å². The molecule has 0 spiro atoms. The highest BCUT2D eigenvalue weighted by atomic mass is 32.2. The molecule has 1 amide bonds. The molecule has 8 heteroatoms. The van der Waals surface area contributed by atoms with Gasteiger partial charge in [0, 0.05) is 31.4 Å². The lowest BCUT2D eigenvalue weighted by molar-refractivity contribution is -0.118. The summed E-state index contributed by atoms with van der Waals surface area (Å²) in [6.45, 7) is 9.98. The van der Waals surface area contributed by atoms with Gasteiger partial charge < -0.3 is 14.5 Å². The van der Waals surface area contributed by atoms with Crippen molar-refractivity contribution in [3.63, 3.8) is 0 Å². The summed E-state index contributed by atoms with van der Waals surface area (Å²) < 4.78 is 7.54. The molecule has 4 rings (SSSR count). The molecule has 0 radical (unpaired) electrons. The normalized spacial score (nSPS) is 20.3. The predicted octanol–water partition coefficient (Wildman–Crippen LogP) is 2.59. The fourth-order valence-electron chi connectivity index (χ4n) is 3.95. The van der Waals surface area contributed by atoms with E-state index in [0.29, 0.717) is 13.2 Å². The van der Waals surface area contributed by atoms with Gasteiger partial charge in [0.15, 0.2) is 5.16 Å². The Morgan fingerprint density at radius 2 is 2.04 bits per heavy atom. The Labute approximate surface area is 170 Å². The summed E-state index contributed by atoms with van der Waals surface area (Å²) in [6.07, 6.45) is 0.908. The van der Waals surface area contributed by atoms with E-state index in [1.165, 1.54) is 17.3 Å². The van der Waals surface area contributed by atoms with Crippen LogP contribution in [0.4, 0.5) is 11.6 Å². The number of aromatic nitrogens is 3. The largest absolute Gasteiger partial charge is 0.378 e. The van der Waals surface area contributed by atoms with Crippen LogP contribution in [0.5, 0.6) is 0 Å². The molecule has 1 saturated heterocycles. The molecule has 2 unspecified atom stereocenters. The topological polar surface area (TPSA) is 63.5 Å². The SMILES string of the molecule is CCn1c(SC(C)C(=O)N2c3ccccc3CC2C)nnc1N1CCOCC1. The van der Waals surface area contributed by atoms with E-state index < -0.39 is 0 Å². The molecule has 1 fully saturated rings. The smallest absolute Gasteiger partial charge is 0.240 e. The van der Waals surface area contributed by atoms with Gasteiger partial charge in [0.1, 0.15) is 0 Å². The highest BCUT2D eigenvalue weighted by molar-refractivity contribution is 8.00. The minimum atomic E-state index is -0.236. The molecule has 0 aliphatic carbocycles. The average Bonchev–Trinajstić information content (AvgIpc) is 3.27. The van der Waals surface area contributed by atoms with Crippen LogP contribution in [-0.2, 0) is 22.5 Å². The van der Waals surface area contributed by atoms with Crippen LogP contribution >= 0.6 is 11.8 Å². The highest BCUT2D eigenvalue weighted by Crippen LogP contribution is 2.35. The first-order valence-electron chi connectivity index (χ1n) is 9.93. The van der Waals surface area contributed by atoms with Gasteiger partial charge in [-0.05, 0) is 38.8 Å². The number of hydrogen-bond acceptors (Lipinski definition) is 6. The molecular weight excluding hydrogens is 374 g/mol. The van der Waals surface area contributed by atoms with Crippen LogP contribution in [0.3, 0.4) is 0 Å². The first kappa shape index (κ1) is 19.3. The van der Waals surface area contributed by atoms with Crippen molar-refractivity contribution in [1.29, 1.82) is 0 Å². The number of carbonyl (C=O) groups is 1. The number of nitrogens with zero attached hydrogens (tertiary/aromatic N) is 5. The van der Waals surface area contributed by atoms with E-state index in [0.717, 1.165) is 42.8 Å². The summed E-state index contributed by atoms with van der Waals surface area (Å²) in [5.74, 6) is 0.994. The summed E-state index contributed by atoms with van der Waals surface area (Å²) in [4.78, 5) is 17.4. The van der Waals surface area contributed by atoms with E-state index in [2.05, 4.69) is 39.6 Å². The Morgan fingerprint density at radius 1 is 1.29 bits per heavy atom. The fourth-order valence-corrected chi connectivity index (χ4v) is 4.90. The zero-order valence-electron chi connectivity index (χ0n) is 16.7. The molecule has 1 aromatic carbocycles. The monoisotopic (exact) mass is 401 g/mol. The van der Waals surface area contributed by atoms with Gasteiger partial charge >= 0.3 is 0 Å². The van der Waals surface area contributed by atoms with E-state index in [9.17, 15) is 4.79 Å². The third-order valence-electron chi connectivity index (χ3n) is 5.38. The van der Waals surface area contributed by atoms with Crippen molar-refractivity contribution in [2.45, 2.75) is 50.2 Å². The number of fused-ring (bicyclic) bond motifs is 1. The molecule has 3 heterocycles. The van der Waals surface area contributed by atoms with Crippen LogP contribution < -0.4 is 9.80 Å². The number of para-hydroxylation sites is 1. The highest BCUT2D eigenvalue weighted by Gasteiger charge is 2.34. The Bertz CT molecular complexity index is 849. The Morgan fingerprint density at radius 3 is 2.79 bits per heavy atom. The number of thioether (sulfide) groups is 1. The summed E-state index contributed by atoms with van der Waals surface area (Å²) >= 11 is 1.49. The van der Waals surface area contributed by atoms with Crippen LogP contribution in [0.25, 0.3) is 0 Å². The van der Waals surface area contributed by atoms with Crippen molar-refractivity contribution >= 4 is 29.3 Å². The fraction of sp³-hybridized carbons (Fsp3) is 0.550. The maximum absolute atomic E-state index is 13.3. The van der Waals surface area contributed by atoms with Gasteiger partial charge in [0.2, 0.25) is 11.9 Å². The van der Waals surface area contributed by atoms with Gasteiger partial charge in [0.05, 0.1) is 18.5 Å². The van der Waals surface area contributed by atoms with Crippen LogP contribution in [0, 0.1) is 0 Å². The summed E-state index contributed by atoms with van der Waals surface area (Å²) in [6, 6.07) is 8.37. The number of carbonyl (C=O) groups excluding carboxylic acids is 1. The van der Waals surface area contributed by atoms with Crippen molar-refractivity contribution in [3.05, 3.63) is 29.8 Å². The van der Waals surface area contributed by atoms with Gasteiger partial charge in [-0.25, -0.2) is 0 Å². The number of rotatable bonds is 5. The number of ether oxygens (including phenoxy) is 1. The number of anilines is 2. The number of hydrogen-bond donors (Lipinski definition) is 0. The second-order valence-corrected chi connectivity index (χ2v) is 8.58. The molecule has 150 valence electrons. The molecule has 0 bridgehead atoms. The lowest BCUT2D eigenvalue weighted by Crippen LogP contribution is -2.40. The van der Waals surface area contributed by atoms with Gasteiger partial charge in [-0.1, -0.05) is 30.0 Å². The van der Waals surface area contributed by atoms with Gasteiger partial charge in [-0.15, -0.1) is 10.2 Å². The van der Waals surface area contributed by atoms with Crippen LogP contribution in [-0.4, -0.2) is 58.3 Å². The maximum Gasteiger partial charge on any atom is 0.240 e. The van der Waals surface area contributed by atoms with Crippen LogP contribution in [0.2, 0.25) is 0 Å². The first-order chi connectivity index (χ1) is 13.6. The van der Waals surface area contributed by atoms with E-state index in [1.807, 2.05) is 30.0 Å². The number of benzene rings is 1. The minimum absolute atomic E-state index is 0.126. The molecule has 1 aromatic heterocycles. The molecule has 2 atom stereocenters. The third-order valence-corrected chi connectivity index (χ3v) is 6.45. The minimum Gasteiger partial charge on any atom is -0.378 e. The molecular formula is C20H27N5O2S. The number of morpholine rings is 1. The Balaban J connectivity index is 1.51. The van der Waals surface area contributed by atoms with Crippen molar-refractivity contribution in [2.24, 2.45) is 0 Å². The molecule has 0 saturated carbocycles. The molecule has 2 aliphatic rings. The molecule has 7 nitrogen and oxygen atoms in total. The van der Waals surface area contributed by atoms with E-state index in [4.69, 9.17) is 4.74 Å². The van der Waals surface area contributed by atoms with Crippen molar-refractivity contribution in [1.82, 2.24) is 14.8 Å². The summed E-state index contributed by atoms with van der Waals surface area (Å²) in [5, 5.41) is 9.37. The van der Waals surface area contributed by atoms with Gasteiger partial charge in [0.25, 0.3) is 0 Å². The molecule has 0 N–H and O–H groups in total. The third kappa shape index (κ3) is 3.51. The maximum atomic E-state index is 13.3.